The van der Waals surface area contributed by atoms with Gasteiger partial charge in [0.2, 0.25) is 0 Å². The van der Waals surface area contributed by atoms with Crippen molar-refractivity contribution in [3.63, 3.8) is 0 Å². The Bertz CT molecular complexity index is 1010. The normalized spacial score (nSPS) is 23.5. The second-order valence-corrected chi connectivity index (χ2v) is 8.52. The predicted octanol–water partition coefficient (Wildman–Crippen LogP) is 5.35. The Morgan fingerprint density at radius 3 is 2.42 bits per heavy atom. The van der Waals surface area contributed by atoms with Crippen LogP contribution in [0.15, 0.2) is 65.8 Å². The third kappa shape index (κ3) is 3.85. The molecule has 5 rings (SSSR count). The van der Waals surface area contributed by atoms with Crippen molar-refractivity contribution >= 4 is 17.3 Å². The molecular formula is C26H28N2O3. The maximum absolute atomic E-state index is 13.3. The van der Waals surface area contributed by atoms with Gasteiger partial charge in [-0.25, -0.2) is 5.01 Å². The third-order valence-corrected chi connectivity index (χ3v) is 6.57. The summed E-state index contributed by atoms with van der Waals surface area (Å²) in [6.45, 7) is 0. The quantitative estimate of drug-likeness (QED) is 0.618. The lowest BCUT2D eigenvalue weighted by Gasteiger charge is -2.37. The number of allylic oxidation sites excluding steroid dienone is 2. The van der Waals surface area contributed by atoms with Crippen molar-refractivity contribution in [3.8, 4) is 11.5 Å². The summed E-state index contributed by atoms with van der Waals surface area (Å²) in [7, 11) is 1.67. The first kappa shape index (κ1) is 19.9. The van der Waals surface area contributed by atoms with Gasteiger partial charge in [0.25, 0.3) is 5.91 Å². The fourth-order valence-electron chi connectivity index (χ4n) is 4.92. The van der Waals surface area contributed by atoms with Crippen molar-refractivity contribution in [2.75, 3.05) is 12.1 Å². The van der Waals surface area contributed by atoms with Crippen molar-refractivity contribution in [3.05, 3.63) is 66.2 Å². The summed E-state index contributed by atoms with van der Waals surface area (Å²) in [5.74, 6) is 1.55. The third-order valence-electron chi connectivity index (χ3n) is 6.57. The number of hydrogen-bond donors (Lipinski definition) is 0. The lowest BCUT2D eigenvalue weighted by atomic mass is 9.76. The number of hydrazone groups is 1. The Balaban J connectivity index is 1.56. The predicted molar refractivity (Wildman–Crippen MR) is 122 cm³/mol. The van der Waals surface area contributed by atoms with Gasteiger partial charge in [0.1, 0.15) is 0 Å². The van der Waals surface area contributed by atoms with Crippen molar-refractivity contribution in [2.24, 2.45) is 16.9 Å². The van der Waals surface area contributed by atoms with Gasteiger partial charge in [-0.3, -0.25) is 4.79 Å². The molecule has 0 unspecified atom stereocenters. The van der Waals surface area contributed by atoms with Crippen LogP contribution in [0.2, 0.25) is 0 Å². The van der Waals surface area contributed by atoms with Crippen molar-refractivity contribution in [1.29, 1.82) is 0 Å². The average molecular weight is 417 g/mol. The van der Waals surface area contributed by atoms with E-state index in [9.17, 15) is 4.79 Å². The second kappa shape index (κ2) is 8.58. The molecular weight excluding hydrogens is 388 g/mol. The van der Waals surface area contributed by atoms with Gasteiger partial charge in [0.05, 0.1) is 30.5 Å². The molecule has 160 valence electrons. The number of nitrogens with zero attached hydrogens (tertiary/aromatic N) is 2. The molecule has 2 aromatic carbocycles. The molecule has 1 fully saturated rings. The molecule has 0 radical (unpaired) electrons. The van der Waals surface area contributed by atoms with Crippen molar-refractivity contribution in [2.45, 2.75) is 44.6 Å². The van der Waals surface area contributed by atoms with E-state index >= 15 is 0 Å². The maximum atomic E-state index is 13.3. The number of amides is 1. The number of fused-ring (bicyclic) bond motifs is 1. The maximum Gasteiger partial charge on any atom is 0.251 e. The average Bonchev–Trinajstić information content (AvgIpc) is 3.33. The van der Waals surface area contributed by atoms with Gasteiger partial charge in [0, 0.05) is 11.5 Å². The molecule has 1 heterocycles. The largest absolute Gasteiger partial charge is 0.493 e. The van der Waals surface area contributed by atoms with Crippen LogP contribution in [-0.2, 0) is 4.79 Å². The van der Waals surface area contributed by atoms with E-state index in [0.717, 1.165) is 54.1 Å². The number of carbonyl (C=O) groups excluding carboxylic acids is 1. The smallest absolute Gasteiger partial charge is 0.251 e. The zero-order valence-electron chi connectivity index (χ0n) is 17.9. The Kier molecular flexibility index (Phi) is 5.49. The summed E-state index contributed by atoms with van der Waals surface area (Å²) >= 11 is 0. The lowest BCUT2D eigenvalue weighted by molar-refractivity contribution is -0.123. The van der Waals surface area contributed by atoms with Crippen LogP contribution in [0.5, 0.6) is 11.5 Å². The molecule has 1 amide bonds. The highest BCUT2D eigenvalue weighted by atomic mass is 16.5. The molecule has 0 saturated heterocycles. The first-order valence-electron chi connectivity index (χ1n) is 11.2. The Morgan fingerprint density at radius 2 is 1.68 bits per heavy atom. The van der Waals surface area contributed by atoms with Crippen LogP contribution in [0.1, 0.15) is 44.1 Å². The van der Waals surface area contributed by atoms with Gasteiger partial charge in [-0.2, -0.15) is 5.10 Å². The van der Waals surface area contributed by atoms with Gasteiger partial charge in [-0.05, 0) is 68.9 Å². The molecule has 1 saturated carbocycles. The summed E-state index contributed by atoms with van der Waals surface area (Å²) in [4.78, 5) is 13.3. The molecule has 5 nitrogen and oxygen atoms in total. The zero-order valence-corrected chi connectivity index (χ0v) is 17.9. The molecule has 2 atom stereocenters. The highest BCUT2D eigenvalue weighted by Gasteiger charge is 2.40. The van der Waals surface area contributed by atoms with Crippen LogP contribution in [0, 0.1) is 11.8 Å². The molecule has 0 N–H and O–H groups in total. The van der Waals surface area contributed by atoms with Gasteiger partial charge < -0.3 is 9.47 Å². The van der Waals surface area contributed by atoms with E-state index < -0.39 is 0 Å². The number of hydrogen-bond acceptors (Lipinski definition) is 4. The van der Waals surface area contributed by atoms with Crippen LogP contribution >= 0.6 is 0 Å². The number of anilines is 1. The summed E-state index contributed by atoms with van der Waals surface area (Å²) in [6, 6.07) is 15.7. The second-order valence-electron chi connectivity index (χ2n) is 8.52. The standard InChI is InChI=1S/C26H28N2O3/c1-30-23-16-15-18(17-24(23)31-20-11-5-6-12-20)25-21-13-7-8-14-22(21)26(29)28(27-25)19-9-3-2-4-10-19/h2-4,7-10,15-17,20-22H,5-6,11-14H2,1H3/t21-,22+/m0/s1. The van der Waals surface area contributed by atoms with Crippen LogP contribution in [-0.4, -0.2) is 24.8 Å². The van der Waals surface area contributed by atoms with Crippen molar-refractivity contribution in [1.82, 2.24) is 0 Å². The summed E-state index contributed by atoms with van der Waals surface area (Å²) in [5.41, 5.74) is 2.73. The minimum atomic E-state index is -0.0981. The highest BCUT2D eigenvalue weighted by Crippen LogP contribution is 2.39. The minimum absolute atomic E-state index is 0.0697. The molecule has 1 aliphatic heterocycles. The van der Waals surface area contributed by atoms with Gasteiger partial charge >= 0.3 is 0 Å². The molecule has 2 aliphatic carbocycles. The van der Waals surface area contributed by atoms with Crippen LogP contribution in [0.25, 0.3) is 0 Å². The van der Waals surface area contributed by atoms with E-state index in [4.69, 9.17) is 14.6 Å². The van der Waals surface area contributed by atoms with E-state index in [-0.39, 0.29) is 23.8 Å². The summed E-state index contributed by atoms with van der Waals surface area (Å²) in [6.07, 6.45) is 10.7. The summed E-state index contributed by atoms with van der Waals surface area (Å²) < 4.78 is 11.9. The molecule has 5 heteroatoms. The van der Waals surface area contributed by atoms with Gasteiger partial charge in [-0.1, -0.05) is 30.4 Å². The lowest BCUT2D eigenvalue weighted by Crippen LogP contribution is -2.45. The fraction of sp³-hybridized carbons (Fsp3) is 0.385. The number of carbonyl (C=O) groups is 1. The summed E-state index contributed by atoms with van der Waals surface area (Å²) in [5, 5.41) is 6.47. The number of para-hydroxylation sites is 1. The number of ether oxygens (including phenoxy) is 2. The van der Waals surface area contributed by atoms with Gasteiger partial charge in [-0.15, -0.1) is 0 Å². The molecule has 31 heavy (non-hydrogen) atoms. The van der Waals surface area contributed by atoms with Crippen LogP contribution in [0.3, 0.4) is 0 Å². The van der Waals surface area contributed by atoms with Crippen molar-refractivity contribution < 1.29 is 14.3 Å². The fourth-order valence-corrected chi connectivity index (χ4v) is 4.92. The molecule has 0 bridgehead atoms. The van der Waals surface area contributed by atoms with Crippen LogP contribution in [0.4, 0.5) is 5.69 Å². The van der Waals surface area contributed by atoms with E-state index in [1.807, 2.05) is 48.5 Å². The number of methoxy groups -OCH3 is 1. The van der Waals surface area contributed by atoms with Gasteiger partial charge in [0.15, 0.2) is 11.5 Å². The van der Waals surface area contributed by atoms with E-state index in [2.05, 4.69) is 12.2 Å². The zero-order chi connectivity index (χ0) is 21.2. The molecule has 0 aromatic heterocycles. The SMILES string of the molecule is COc1ccc(C2=NN(c3ccccc3)C(=O)[C@@H]3CC=CC[C@H]23)cc1OC1CCCC1. The first-order valence-corrected chi connectivity index (χ1v) is 11.2. The Labute approximate surface area is 183 Å². The van der Waals surface area contributed by atoms with E-state index in [1.54, 1.807) is 12.1 Å². The molecule has 2 aromatic rings. The number of rotatable bonds is 5. The minimum Gasteiger partial charge on any atom is -0.493 e. The van der Waals surface area contributed by atoms with E-state index in [1.165, 1.54) is 12.8 Å². The first-order chi connectivity index (χ1) is 15.2. The monoisotopic (exact) mass is 416 g/mol. The topological polar surface area (TPSA) is 51.1 Å². The van der Waals surface area contributed by atoms with Crippen LogP contribution < -0.4 is 14.5 Å². The Morgan fingerprint density at radius 1 is 0.935 bits per heavy atom. The Hall–Kier alpha value is -3.08. The molecule has 0 spiro atoms. The van der Waals surface area contributed by atoms with E-state index in [0.29, 0.717) is 0 Å². The highest BCUT2D eigenvalue weighted by molar-refractivity contribution is 6.11. The molecule has 3 aliphatic rings. The number of benzene rings is 2.